The van der Waals surface area contributed by atoms with Gasteiger partial charge in [-0.1, -0.05) is 65.0 Å². The highest BCUT2D eigenvalue weighted by atomic mass is 16.1. The monoisotopic (exact) mass is 371 g/mol. The number of benzene rings is 1. The molecular weight excluding hydrogens is 334 g/mol. The van der Waals surface area contributed by atoms with E-state index in [0.717, 1.165) is 37.1 Å². The number of aryl methyl sites for hydroxylation is 1. The molecule has 1 amide bonds. The molecule has 150 valence electrons. The molecule has 1 heterocycles. The van der Waals surface area contributed by atoms with Crippen LogP contribution in [0.2, 0.25) is 0 Å². The van der Waals surface area contributed by atoms with Crippen molar-refractivity contribution in [2.24, 2.45) is 5.92 Å². The first-order valence-electron chi connectivity index (χ1n) is 10.9. The predicted octanol–water partition coefficient (Wildman–Crippen LogP) is 5.49. The molecule has 2 aromatic rings. The van der Waals surface area contributed by atoms with Crippen LogP contribution in [0.5, 0.6) is 0 Å². The van der Waals surface area contributed by atoms with Gasteiger partial charge in [-0.05, 0) is 31.4 Å². The second kappa shape index (κ2) is 11.8. The summed E-state index contributed by atoms with van der Waals surface area (Å²) in [6, 6.07) is 8.37. The molecule has 0 aliphatic heterocycles. The molecule has 0 radical (unpaired) electrons. The Labute approximate surface area is 164 Å². The standard InChI is InChI=1S/C23H37N3O/c1-4-7-8-9-10-13-18-26-21-15-12-11-14-20(21)25-22(26)16-17-24-23(27)19(5-2)6-3/h11-12,14-15,19H,4-10,13,16-18H2,1-3H3,(H,24,27). The van der Waals surface area contributed by atoms with Crippen molar-refractivity contribution in [2.45, 2.75) is 85.1 Å². The number of rotatable bonds is 13. The van der Waals surface area contributed by atoms with Crippen LogP contribution in [0.1, 0.15) is 78.0 Å². The van der Waals surface area contributed by atoms with Gasteiger partial charge in [-0.15, -0.1) is 0 Å². The van der Waals surface area contributed by atoms with Crippen molar-refractivity contribution in [1.82, 2.24) is 14.9 Å². The zero-order chi connectivity index (χ0) is 19.5. The summed E-state index contributed by atoms with van der Waals surface area (Å²) in [7, 11) is 0. The number of imidazole rings is 1. The fraction of sp³-hybridized carbons (Fsp3) is 0.652. The SMILES string of the molecule is CCCCCCCCn1c(CCNC(=O)C(CC)CC)nc2ccccc21. The average molecular weight is 372 g/mol. The summed E-state index contributed by atoms with van der Waals surface area (Å²) in [6.45, 7) is 8.09. The van der Waals surface area contributed by atoms with Gasteiger partial charge in [-0.25, -0.2) is 4.98 Å². The zero-order valence-corrected chi connectivity index (χ0v) is 17.5. The molecule has 27 heavy (non-hydrogen) atoms. The Balaban J connectivity index is 1.95. The summed E-state index contributed by atoms with van der Waals surface area (Å²) >= 11 is 0. The lowest BCUT2D eigenvalue weighted by atomic mass is 10.0. The maximum Gasteiger partial charge on any atom is 0.223 e. The lowest BCUT2D eigenvalue weighted by molar-refractivity contribution is -0.125. The third-order valence-corrected chi connectivity index (χ3v) is 5.47. The first-order valence-corrected chi connectivity index (χ1v) is 10.9. The molecule has 0 atom stereocenters. The summed E-state index contributed by atoms with van der Waals surface area (Å²) in [6.07, 6.45) is 10.4. The Morgan fingerprint density at radius 3 is 2.48 bits per heavy atom. The number of nitrogens with zero attached hydrogens (tertiary/aromatic N) is 2. The molecule has 0 saturated heterocycles. The van der Waals surface area contributed by atoms with E-state index >= 15 is 0 Å². The van der Waals surface area contributed by atoms with E-state index in [1.54, 1.807) is 0 Å². The first-order chi connectivity index (χ1) is 13.2. The largest absolute Gasteiger partial charge is 0.355 e. The van der Waals surface area contributed by atoms with Crippen molar-refractivity contribution in [3.05, 3.63) is 30.1 Å². The van der Waals surface area contributed by atoms with Gasteiger partial charge in [0.1, 0.15) is 5.82 Å². The maximum absolute atomic E-state index is 12.2. The molecule has 0 saturated carbocycles. The van der Waals surface area contributed by atoms with E-state index < -0.39 is 0 Å². The summed E-state index contributed by atoms with van der Waals surface area (Å²) in [5.41, 5.74) is 2.28. The van der Waals surface area contributed by atoms with Gasteiger partial charge in [-0.2, -0.15) is 0 Å². The van der Waals surface area contributed by atoms with Crippen LogP contribution in [0.3, 0.4) is 0 Å². The Morgan fingerprint density at radius 1 is 1.04 bits per heavy atom. The van der Waals surface area contributed by atoms with Crippen LogP contribution >= 0.6 is 0 Å². The highest BCUT2D eigenvalue weighted by Crippen LogP contribution is 2.18. The Morgan fingerprint density at radius 2 is 1.74 bits per heavy atom. The van der Waals surface area contributed by atoms with Crippen LogP contribution in [-0.2, 0) is 17.8 Å². The van der Waals surface area contributed by atoms with Gasteiger partial charge < -0.3 is 9.88 Å². The molecule has 0 bridgehead atoms. The summed E-state index contributed by atoms with van der Waals surface area (Å²) < 4.78 is 2.36. The Hall–Kier alpha value is -1.84. The van der Waals surface area contributed by atoms with Gasteiger partial charge in [0.2, 0.25) is 5.91 Å². The van der Waals surface area contributed by atoms with Crippen LogP contribution in [0.4, 0.5) is 0 Å². The second-order valence-corrected chi connectivity index (χ2v) is 7.49. The summed E-state index contributed by atoms with van der Waals surface area (Å²) in [4.78, 5) is 17.0. The number of nitrogens with one attached hydrogen (secondary N) is 1. The van der Waals surface area contributed by atoms with Crippen LogP contribution < -0.4 is 5.32 Å². The number of carbonyl (C=O) groups excluding carboxylic acids is 1. The minimum Gasteiger partial charge on any atom is -0.355 e. The van der Waals surface area contributed by atoms with E-state index in [2.05, 4.69) is 48.9 Å². The molecule has 2 rings (SSSR count). The molecule has 0 aliphatic rings. The normalized spacial score (nSPS) is 11.4. The molecule has 4 nitrogen and oxygen atoms in total. The van der Waals surface area contributed by atoms with Crippen LogP contribution in [0.25, 0.3) is 11.0 Å². The van der Waals surface area contributed by atoms with Gasteiger partial charge in [0.15, 0.2) is 0 Å². The van der Waals surface area contributed by atoms with Gasteiger partial charge in [0.05, 0.1) is 11.0 Å². The number of aromatic nitrogens is 2. The smallest absolute Gasteiger partial charge is 0.223 e. The highest BCUT2D eigenvalue weighted by Gasteiger charge is 2.14. The molecule has 1 N–H and O–H groups in total. The molecule has 0 spiro atoms. The quantitative estimate of drug-likeness (QED) is 0.473. The third-order valence-electron chi connectivity index (χ3n) is 5.47. The van der Waals surface area contributed by atoms with E-state index in [0.29, 0.717) is 6.54 Å². The zero-order valence-electron chi connectivity index (χ0n) is 17.5. The molecule has 0 unspecified atom stereocenters. The van der Waals surface area contributed by atoms with E-state index in [1.165, 1.54) is 44.0 Å². The Kier molecular flexibility index (Phi) is 9.37. The predicted molar refractivity (Wildman–Crippen MR) is 114 cm³/mol. The minimum absolute atomic E-state index is 0.131. The van der Waals surface area contributed by atoms with Crippen LogP contribution in [0.15, 0.2) is 24.3 Å². The fourth-order valence-corrected chi connectivity index (χ4v) is 3.72. The topological polar surface area (TPSA) is 46.9 Å². The number of hydrogen-bond donors (Lipinski definition) is 1. The van der Waals surface area contributed by atoms with Gasteiger partial charge >= 0.3 is 0 Å². The first kappa shape index (κ1) is 21.5. The van der Waals surface area contributed by atoms with E-state index in [-0.39, 0.29) is 11.8 Å². The van der Waals surface area contributed by atoms with Crippen molar-refractivity contribution in [3.63, 3.8) is 0 Å². The van der Waals surface area contributed by atoms with Crippen molar-refractivity contribution in [3.8, 4) is 0 Å². The molecular formula is C23H37N3O. The molecule has 0 aliphatic carbocycles. The number of amides is 1. The average Bonchev–Trinajstić information content (AvgIpc) is 3.03. The van der Waals surface area contributed by atoms with Gasteiger partial charge in [0.25, 0.3) is 0 Å². The lowest BCUT2D eigenvalue weighted by Crippen LogP contribution is -2.32. The number of unbranched alkanes of at least 4 members (excludes halogenated alkanes) is 5. The number of carbonyl (C=O) groups is 1. The summed E-state index contributed by atoms with van der Waals surface area (Å²) in [5.74, 6) is 1.40. The van der Waals surface area contributed by atoms with Crippen molar-refractivity contribution >= 4 is 16.9 Å². The van der Waals surface area contributed by atoms with Crippen LogP contribution in [-0.4, -0.2) is 22.0 Å². The van der Waals surface area contributed by atoms with Gasteiger partial charge in [-0.3, -0.25) is 4.79 Å². The van der Waals surface area contributed by atoms with Crippen molar-refractivity contribution < 1.29 is 4.79 Å². The van der Waals surface area contributed by atoms with Crippen LogP contribution in [0, 0.1) is 5.92 Å². The second-order valence-electron chi connectivity index (χ2n) is 7.49. The van der Waals surface area contributed by atoms with E-state index in [4.69, 9.17) is 4.98 Å². The summed E-state index contributed by atoms with van der Waals surface area (Å²) in [5, 5.41) is 3.10. The third kappa shape index (κ3) is 6.37. The number of fused-ring (bicyclic) bond motifs is 1. The van der Waals surface area contributed by atoms with Crippen molar-refractivity contribution in [2.75, 3.05) is 6.54 Å². The number of hydrogen-bond acceptors (Lipinski definition) is 2. The van der Waals surface area contributed by atoms with E-state index in [1.807, 2.05) is 6.07 Å². The number of para-hydroxylation sites is 2. The lowest BCUT2D eigenvalue weighted by Gasteiger charge is -2.13. The molecule has 0 fully saturated rings. The molecule has 1 aromatic carbocycles. The molecule has 1 aromatic heterocycles. The fourth-order valence-electron chi connectivity index (χ4n) is 3.72. The van der Waals surface area contributed by atoms with Crippen molar-refractivity contribution in [1.29, 1.82) is 0 Å². The van der Waals surface area contributed by atoms with E-state index in [9.17, 15) is 4.79 Å². The Bertz CT molecular complexity index is 688. The highest BCUT2D eigenvalue weighted by molar-refractivity contribution is 5.78. The van der Waals surface area contributed by atoms with Gasteiger partial charge in [0, 0.05) is 25.4 Å². The minimum atomic E-state index is 0.131. The maximum atomic E-state index is 12.2. The molecule has 4 heteroatoms.